The predicted molar refractivity (Wildman–Crippen MR) is 99.2 cm³/mol. The molecule has 1 amide bonds. The molecule has 0 aromatic heterocycles. The van der Waals surface area contributed by atoms with E-state index in [2.05, 4.69) is 5.32 Å². The number of ether oxygens (including phenoxy) is 2. The van der Waals surface area contributed by atoms with E-state index in [0.29, 0.717) is 22.7 Å². The number of rotatable bonds is 7. The van der Waals surface area contributed by atoms with Gasteiger partial charge >= 0.3 is 0 Å². The number of nitrogens with zero attached hydrogens (tertiary/aromatic N) is 1. The van der Waals surface area contributed by atoms with Gasteiger partial charge in [0.05, 0.1) is 25.7 Å². The van der Waals surface area contributed by atoms with Gasteiger partial charge in [-0.05, 0) is 42.8 Å². The summed E-state index contributed by atoms with van der Waals surface area (Å²) >= 11 is 0. The Bertz CT molecular complexity index is 896. The second-order valence-electron chi connectivity index (χ2n) is 5.67. The van der Waals surface area contributed by atoms with Crippen LogP contribution in [-0.2, 0) is 14.8 Å². The minimum atomic E-state index is -3.79. The second kappa shape index (κ2) is 8.20. The predicted octanol–water partition coefficient (Wildman–Crippen LogP) is 2.27. The van der Waals surface area contributed by atoms with Crippen molar-refractivity contribution in [3.8, 4) is 11.5 Å². The van der Waals surface area contributed by atoms with Crippen LogP contribution in [-0.4, -0.2) is 46.4 Å². The first-order chi connectivity index (χ1) is 12.3. The standard InChI is InChI=1S/C18H22N2O5S/c1-13-10-16(8-9-17(13)25-4)26(22,23)20(2)12-18(21)19-14-6-5-7-15(11-14)24-3/h5-11H,12H2,1-4H3,(H,19,21). The van der Waals surface area contributed by atoms with Crippen LogP contribution < -0.4 is 14.8 Å². The lowest BCUT2D eigenvalue weighted by Gasteiger charge is -2.18. The van der Waals surface area contributed by atoms with Crippen molar-refractivity contribution in [2.75, 3.05) is 33.1 Å². The number of hydrogen-bond donors (Lipinski definition) is 1. The second-order valence-corrected chi connectivity index (χ2v) is 7.72. The van der Waals surface area contributed by atoms with Crippen molar-refractivity contribution < 1.29 is 22.7 Å². The van der Waals surface area contributed by atoms with Crippen LogP contribution in [0.25, 0.3) is 0 Å². The molecule has 7 nitrogen and oxygen atoms in total. The molecule has 0 atom stereocenters. The lowest BCUT2D eigenvalue weighted by Crippen LogP contribution is -2.35. The fourth-order valence-corrected chi connectivity index (χ4v) is 3.59. The largest absolute Gasteiger partial charge is 0.497 e. The van der Waals surface area contributed by atoms with Crippen LogP contribution in [0.15, 0.2) is 47.4 Å². The molecule has 0 unspecified atom stereocenters. The molecule has 140 valence electrons. The molecular weight excluding hydrogens is 356 g/mol. The summed E-state index contributed by atoms with van der Waals surface area (Å²) in [5.41, 5.74) is 1.23. The van der Waals surface area contributed by atoms with Crippen molar-refractivity contribution in [1.82, 2.24) is 4.31 Å². The lowest BCUT2D eigenvalue weighted by atomic mass is 10.2. The highest BCUT2D eigenvalue weighted by molar-refractivity contribution is 7.89. The fourth-order valence-electron chi connectivity index (χ4n) is 2.38. The van der Waals surface area contributed by atoms with Crippen molar-refractivity contribution in [3.05, 3.63) is 48.0 Å². The molecule has 0 radical (unpaired) electrons. The molecular formula is C18H22N2O5S. The highest BCUT2D eigenvalue weighted by atomic mass is 32.2. The van der Waals surface area contributed by atoms with E-state index in [1.54, 1.807) is 37.3 Å². The number of likely N-dealkylation sites (N-methyl/N-ethyl adjacent to an activating group) is 1. The highest BCUT2D eigenvalue weighted by Gasteiger charge is 2.23. The van der Waals surface area contributed by atoms with Crippen LogP contribution in [0.2, 0.25) is 0 Å². The van der Waals surface area contributed by atoms with Gasteiger partial charge < -0.3 is 14.8 Å². The van der Waals surface area contributed by atoms with E-state index in [-0.39, 0.29) is 11.4 Å². The van der Waals surface area contributed by atoms with Crippen LogP contribution in [0.5, 0.6) is 11.5 Å². The van der Waals surface area contributed by atoms with Gasteiger partial charge in [0.2, 0.25) is 15.9 Å². The third-order valence-electron chi connectivity index (χ3n) is 3.79. The Morgan fingerprint density at radius 2 is 1.85 bits per heavy atom. The average Bonchev–Trinajstić information content (AvgIpc) is 2.61. The van der Waals surface area contributed by atoms with E-state index in [4.69, 9.17) is 9.47 Å². The maximum Gasteiger partial charge on any atom is 0.243 e. The zero-order valence-corrected chi connectivity index (χ0v) is 16.0. The van der Waals surface area contributed by atoms with Crippen LogP contribution in [0.4, 0.5) is 5.69 Å². The Morgan fingerprint density at radius 3 is 2.46 bits per heavy atom. The van der Waals surface area contributed by atoms with Gasteiger partial charge in [-0.3, -0.25) is 4.79 Å². The average molecular weight is 378 g/mol. The molecule has 0 aliphatic heterocycles. The van der Waals surface area contributed by atoms with Gasteiger partial charge in [0.1, 0.15) is 11.5 Å². The molecule has 0 saturated carbocycles. The number of hydrogen-bond acceptors (Lipinski definition) is 5. The van der Waals surface area contributed by atoms with Gasteiger partial charge in [0, 0.05) is 18.8 Å². The summed E-state index contributed by atoms with van der Waals surface area (Å²) in [6.45, 7) is 1.44. The van der Waals surface area contributed by atoms with Gasteiger partial charge in [0.15, 0.2) is 0 Å². The molecule has 26 heavy (non-hydrogen) atoms. The SMILES string of the molecule is COc1cccc(NC(=O)CN(C)S(=O)(=O)c2ccc(OC)c(C)c2)c1. The summed E-state index contributed by atoms with van der Waals surface area (Å²) in [7, 11) is 0.612. The third-order valence-corrected chi connectivity index (χ3v) is 5.59. The maximum absolute atomic E-state index is 12.7. The smallest absolute Gasteiger partial charge is 0.243 e. The topological polar surface area (TPSA) is 84.9 Å². The summed E-state index contributed by atoms with van der Waals surface area (Å²) < 4.78 is 36.6. The zero-order valence-electron chi connectivity index (χ0n) is 15.1. The van der Waals surface area contributed by atoms with Crippen LogP contribution >= 0.6 is 0 Å². The molecule has 0 heterocycles. The van der Waals surface area contributed by atoms with Crippen molar-refractivity contribution in [3.63, 3.8) is 0 Å². The minimum absolute atomic E-state index is 0.104. The maximum atomic E-state index is 12.7. The quantitative estimate of drug-likeness (QED) is 0.799. The van der Waals surface area contributed by atoms with Gasteiger partial charge in [0.25, 0.3) is 0 Å². The molecule has 0 spiro atoms. The number of nitrogens with one attached hydrogen (secondary N) is 1. The van der Waals surface area contributed by atoms with Gasteiger partial charge in [-0.1, -0.05) is 6.07 Å². The van der Waals surface area contributed by atoms with Crippen molar-refractivity contribution >= 4 is 21.6 Å². The van der Waals surface area contributed by atoms with Crippen molar-refractivity contribution in [1.29, 1.82) is 0 Å². The molecule has 0 aliphatic carbocycles. The number of benzene rings is 2. The number of carbonyl (C=O) groups is 1. The summed E-state index contributed by atoms with van der Waals surface area (Å²) in [6.07, 6.45) is 0. The summed E-state index contributed by atoms with van der Waals surface area (Å²) in [5, 5.41) is 2.66. The summed E-state index contributed by atoms with van der Waals surface area (Å²) in [6, 6.07) is 11.4. The van der Waals surface area contributed by atoms with Gasteiger partial charge in [-0.15, -0.1) is 0 Å². The Hall–Kier alpha value is -2.58. The van der Waals surface area contributed by atoms with E-state index in [1.807, 2.05) is 0 Å². The number of aryl methyl sites for hydroxylation is 1. The number of sulfonamides is 1. The fraction of sp³-hybridized carbons (Fsp3) is 0.278. The van der Waals surface area contributed by atoms with E-state index in [1.165, 1.54) is 33.4 Å². The molecule has 2 aromatic carbocycles. The first-order valence-electron chi connectivity index (χ1n) is 7.83. The molecule has 1 N–H and O–H groups in total. The third kappa shape index (κ3) is 4.53. The Labute approximate surface area is 153 Å². The Morgan fingerprint density at radius 1 is 1.12 bits per heavy atom. The number of methoxy groups -OCH3 is 2. The first-order valence-corrected chi connectivity index (χ1v) is 9.27. The van der Waals surface area contributed by atoms with E-state index in [9.17, 15) is 13.2 Å². The van der Waals surface area contributed by atoms with E-state index >= 15 is 0 Å². The molecule has 0 saturated heterocycles. The Kier molecular flexibility index (Phi) is 6.23. The van der Waals surface area contributed by atoms with Gasteiger partial charge in [-0.25, -0.2) is 8.42 Å². The van der Waals surface area contributed by atoms with Crippen LogP contribution in [0.1, 0.15) is 5.56 Å². The minimum Gasteiger partial charge on any atom is -0.497 e. The number of carbonyl (C=O) groups excluding carboxylic acids is 1. The van der Waals surface area contributed by atoms with Crippen LogP contribution in [0.3, 0.4) is 0 Å². The normalized spacial score (nSPS) is 11.3. The number of amides is 1. The number of anilines is 1. The van der Waals surface area contributed by atoms with Crippen LogP contribution in [0, 0.1) is 6.92 Å². The molecule has 2 rings (SSSR count). The molecule has 0 aliphatic rings. The van der Waals surface area contributed by atoms with E-state index < -0.39 is 15.9 Å². The monoisotopic (exact) mass is 378 g/mol. The zero-order chi connectivity index (χ0) is 19.3. The first kappa shape index (κ1) is 19.7. The summed E-state index contributed by atoms with van der Waals surface area (Å²) in [5.74, 6) is 0.745. The molecule has 0 fully saturated rings. The van der Waals surface area contributed by atoms with Crippen molar-refractivity contribution in [2.45, 2.75) is 11.8 Å². The van der Waals surface area contributed by atoms with E-state index in [0.717, 1.165) is 4.31 Å². The Balaban J connectivity index is 2.10. The summed E-state index contributed by atoms with van der Waals surface area (Å²) in [4.78, 5) is 12.3. The molecule has 2 aromatic rings. The van der Waals surface area contributed by atoms with Crippen molar-refractivity contribution in [2.24, 2.45) is 0 Å². The lowest BCUT2D eigenvalue weighted by molar-refractivity contribution is -0.116. The van der Waals surface area contributed by atoms with Gasteiger partial charge in [-0.2, -0.15) is 4.31 Å². The highest BCUT2D eigenvalue weighted by Crippen LogP contribution is 2.23. The molecule has 8 heteroatoms. The molecule has 0 bridgehead atoms.